The van der Waals surface area contributed by atoms with E-state index in [0.717, 1.165) is 60.7 Å². The van der Waals surface area contributed by atoms with Gasteiger partial charge in [-0.1, -0.05) is 37.7 Å². The summed E-state index contributed by atoms with van der Waals surface area (Å²) in [5.74, 6) is 3.31. The van der Waals surface area contributed by atoms with E-state index in [1.54, 1.807) is 18.9 Å². The zero-order valence-electron chi connectivity index (χ0n) is 19.2. The van der Waals surface area contributed by atoms with Crippen molar-refractivity contribution in [1.29, 1.82) is 0 Å². The molecule has 0 aliphatic rings. The van der Waals surface area contributed by atoms with Crippen molar-refractivity contribution in [2.45, 2.75) is 58.8 Å². The Hall–Kier alpha value is -2.22. The molecule has 8 heteroatoms. The Morgan fingerprint density at radius 3 is 2.73 bits per heavy atom. The normalized spacial score (nSPS) is 11.8. The molecule has 0 saturated heterocycles. The Bertz CT molecular complexity index is 818. The summed E-state index contributed by atoms with van der Waals surface area (Å²) >= 11 is 1.65. The first-order valence-electron chi connectivity index (χ1n) is 10.6. The van der Waals surface area contributed by atoms with Gasteiger partial charge in [0.1, 0.15) is 11.6 Å². The number of aromatic nitrogens is 3. The van der Waals surface area contributed by atoms with Crippen molar-refractivity contribution in [3.63, 3.8) is 0 Å². The minimum Gasteiger partial charge on any atom is -0.496 e. The maximum atomic E-state index is 5.49. The minimum atomic E-state index is 0.565. The third-order valence-corrected chi connectivity index (χ3v) is 5.25. The predicted octanol–water partition coefficient (Wildman–Crippen LogP) is 3.66. The van der Waals surface area contributed by atoms with Crippen LogP contribution >= 0.6 is 11.8 Å². The van der Waals surface area contributed by atoms with Crippen molar-refractivity contribution < 1.29 is 4.74 Å². The van der Waals surface area contributed by atoms with Crippen molar-refractivity contribution in [1.82, 2.24) is 25.4 Å². The van der Waals surface area contributed by atoms with Gasteiger partial charge in [0, 0.05) is 31.6 Å². The molecular weight excluding hydrogens is 396 g/mol. The van der Waals surface area contributed by atoms with Crippen molar-refractivity contribution in [3.8, 4) is 5.75 Å². The first kappa shape index (κ1) is 24.1. The quantitative estimate of drug-likeness (QED) is 0.244. The van der Waals surface area contributed by atoms with E-state index in [0.29, 0.717) is 12.5 Å². The molecule has 0 spiro atoms. The maximum absolute atomic E-state index is 5.49. The number of guanidine groups is 1. The van der Waals surface area contributed by atoms with E-state index in [2.05, 4.69) is 65.2 Å². The fraction of sp³-hybridized carbons (Fsp3) is 0.591. The molecule has 2 rings (SSSR count). The van der Waals surface area contributed by atoms with Crippen LogP contribution in [0, 0.1) is 12.8 Å². The zero-order valence-corrected chi connectivity index (χ0v) is 20.0. The molecule has 0 aliphatic carbocycles. The first-order chi connectivity index (χ1) is 14.5. The van der Waals surface area contributed by atoms with Gasteiger partial charge in [0.05, 0.1) is 13.7 Å². The molecule has 0 unspecified atom stereocenters. The van der Waals surface area contributed by atoms with E-state index >= 15 is 0 Å². The van der Waals surface area contributed by atoms with Gasteiger partial charge in [-0.25, -0.2) is 4.99 Å². The number of benzene rings is 1. The van der Waals surface area contributed by atoms with Crippen LogP contribution in [0.4, 0.5) is 0 Å². The molecule has 1 aromatic heterocycles. The van der Waals surface area contributed by atoms with E-state index in [1.807, 2.05) is 12.3 Å². The molecule has 0 radical (unpaired) electrons. The Morgan fingerprint density at radius 2 is 2.07 bits per heavy atom. The lowest BCUT2D eigenvalue weighted by atomic mass is 10.1. The summed E-state index contributed by atoms with van der Waals surface area (Å²) in [4.78, 5) is 4.72. The van der Waals surface area contributed by atoms with Crippen LogP contribution in [0.25, 0.3) is 0 Å². The van der Waals surface area contributed by atoms with E-state index < -0.39 is 0 Å². The molecule has 30 heavy (non-hydrogen) atoms. The van der Waals surface area contributed by atoms with E-state index in [1.165, 1.54) is 5.56 Å². The van der Waals surface area contributed by atoms with Gasteiger partial charge in [-0.05, 0) is 44.1 Å². The number of methoxy groups -OCH3 is 1. The molecular formula is C22H36N6OS. The highest BCUT2D eigenvalue weighted by atomic mass is 32.2. The van der Waals surface area contributed by atoms with Crippen LogP contribution < -0.4 is 15.4 Å². The summed E-state index contributed by atoms with van der Waals surface area (Å²) in [5.41, 5.74) is 2.26. The summed E-state index contributed by atoms with van der Waals surface area (Å²) < 4.78 is 7.74. The van der Waals surface area contributed by atoms with Crippen LogP contribution in [0.3, 0.4) is 0 Å². The number of aryl methyl sites for hydroxylation is 2. The topological polar surface area (TPSA) is 76.4 Å². The molecule has 1 aromatic carbocycles. The van der Waals surface area contributed by atoms with Crippen LogP contribution in [0.1, 0.15) is 44.1 Å². The molecule has 0 bridgehead atoms. The molecule has 0 saturated carbocycles. The SMILES string of the molecule is CCNC(=NCc1ccc(C)cc1OC)NCCCc1nnc(SC)n1CC(C)C. The van der Waals surface area contributed by atoms with Crippen molar-refractivity contribution >= 4 is 17.7 Å². The summed E-state index contributed by atoms with van der Waals surface area (Å²) in [7, 11) is 1.70. The van der Waals surface area contributed by atoms with E-state index in [4.69, 9.17) is 9.73 Å². The van der Waals surface area contributed by atoms with E-state index in [9.17, 15) is 0 Å². The standard InChI is InChI=1S/C22H36N6OS/c1-7-23-21(25-14-18-11-10-17(4)13-19(18)29-5)24-12-8-9-20-26-27-22(30-6)28(20)15-16(2)3/h10-11,13,16H,7-9,12,14-15H2,1-6H3,(H2,23,24,25). The lowest BCUT2D eigenvalue weighted by molar-refractivity contribution is 0.409. The fourth-order valence-corrected chi connectivity index (χ4v) is 3.67. The lowest BCUT2D eigenvalue weighted by Gasteiger charge is -2.13. The van der Waals surface area contributed by atoms with E-state index in [-0.39, 0.29) is 0 Å². The van der Waals surface area contributed by atoms with Gasteiger partial charge in [0.15, 0.2) is 11.1 Å². The highest BCUT2D eigenvalue weighted by Gasteiger charge is 2.12. The summed E-state index contributed by atoms with van der Waals surface area (Å²) in [6.07, 6.45) is 3.90. The lowest BCUT2D eigenvalue weighted by Crippen LogP contribution is -2.38. The predicted molar refractivity (Wildman–Crippen MR) is 126 cm³/mol. The molecule has 0 amide bonds. The van der Waals surface area contributed by atoms with Gasteiger partial charge in [0.25, 0.3) is 0 Å². The molecule has 2 aromatic rings. The average Bonchev–Trinajstić information content (AvgIpc) is 3.10. The van der Waals surface area contributed by atoms with Gasteiger partial charge >= 0.3 is 0 Å². The van der Waals surface area contributed by atoms with Crippen LogP contribution in [0.15, 0.2) is 28.3 Å². The first-order valence-corrected chi connectivity index (χ1v) is 11.8. The third-order valence-electron chi connectivity index (χ3n) is 4.59. The molecule has 7 nitrogen and oxygen atoms in total. The van der Waals surface area contributed by atoms with Gasteiger partial charge in [-0.15, -0.1) is 10.2 Å². The number of nitrogens with zero attached hydrogens (tertiary/aromatic N) is 4. The van der Waals surface area contributed by atoms with Crippen molar-refractivity contribution in [2.24, 2.45) is 10.9 Å². The summed E-state index contributed by atoms with van der Waals surface area (Å²) in [5, 5.41) is 16.5. The Balaban J connectivity index is 1.93. The number of rotatable bonds is 11. The summed E-state index contributed by atoms with van der Waals surface area (Å²) in [6, 6.07) is 6.21. The Kier molecular flexibility index (Phi) is 10.00. The number of nitrogens with one attached hydrogen (secondary N) is 2. The second-order valence-corrected chi connectivity index (χ2v) is 8.42. The second kappa shape index (κ2) is 12.5. The Morgan fingerprint density at radius 1 is 1.27 bits per heavy atom. The second-order valence-electron chi connectivity index (χ2n) is 7.65. The van der Waals surface area contributed by atoms with Gasteiger partial charge in [-0.3, -0.25) is 0 Å². The van der Waals surface area contributed by atoms with Crippen molar-refractivity contribution in [2.75, 3.05) is 26.5 Å². The molecule has 0 fully saturated rings. The molecule has 0 atom stereocenters. The molecule has 1 heterocycles. The Labute approximate surface area is 185 Å². The summed E-state index contributed by atoms with van der Waals surface area (Å²) in [6.45, 7) is 11.7. The van der Waals surface area contributed by atoms with Gasteiger partial charge < -0.3 is 19.9 Å². The van der Waals surface area contributed by atoms with Crippen LogP contribution in [-0.4, -0.2) is 47.2 Å². The number of hydrogen-bond acceptors (Lipinski definition) is 5. The monoisotopic (exact) mass is 432 g/mol. The molecule has 0 aliphatic heterocycles. The zero-order chi connectivity index (χ0) is 21.9. The highest BCUT2D eigenvalue weighted by molar-refractivity contribution is 7.98. The number of hydrogen-bond donors (Lipinski definition) is 2. The number of thioether (sulfide) groups is 1. The fourth-order valence-electron chi connectivity index (χ4n) is 3.15. The van der Waals surface area contributed by atoms with Crippen LogP contribution in [-0.2, 0) is 19.5 Å². The van der Waals surface area contributed by atoms with Gasteiger partial charge in [0.2, 0.25) is 0 Å². The van der Waals surface area contributed by atoms with Crippen LogP contribution in [0.5, 0.6) is 5.75 Å². The number of aliphatic imine (C=N–C) groups is 1. The smallest absolute Gasteiger partial charge is 0.191 e. The minimum absolute atomic E-state index is 0.565. The van der Waals surface area contributed by atoms with Gasteiger partial charge in [-0.2, -0.15) is 0 Å². The third kappa shape index (κ3) is 7.23. The largest absolute Gasteiger partial charge is 0.496 e. The highest BCUT2D eigenvalue weighted by Crippen LogP contribution is 2.20. The molecule has 166 valence electrons. The maximum Gasteiger partial charge on any atom is 0.191 e. The number of ether oxygens (including phenoxy) is 1. The van der Waals surface area contributed by atoms with Crippen LogP contribution in [0.2, 0.25) is 0 Å². The average molecular weight is 433 g/mol. The molecule has 2 N–H and O–H groups in total. The van der Waals surface area contributed by atoms with Crippen molar-refractivity contribution in [3.05, 3.63) is 35.2 Å².